The monoisotopic (exact) mass is 213 g/mol. The molecule has 0 aromatic heterocycles. The van der Waals surface area contributed by atoms with E-state index in [0.717, 1.165) is 0 Å². The van der Waals surface area contributed by atoms with Gasteiger partial charge in [0.15, 0.2) is 0 Å². The lowest BCUT2D eigenvalue weighted by molar-refractivity contribution is -0.144. The molecule has 0 radical (unpaired) electrons. The number of alkyl halides is 3. The fourth-order valence-corrected chi connectivity index (χ4v) is 0.999. The van der Waals surface area contributed by atoms with Gasteiger partial charge in [0.2, 0.25) is 0 Å². The second-order valence-electron chi connectivity index (χ2n) is 2.83. The molecule has 0 heterocycles. The van der Waals surface area contributed by atoms with Gasteiger partial charge in [-0.05, 0) is 6.54 Å². The lowest BCUT2D eigenvalue weighted by Gasteiger charge is -2.22. The van der Waals surface area contributed by atoms with Crippen LogP contribution in [0.15, 0.2) is 12.2 Å². The Morgan fingerprint density at radius 2 is 2.00 bits per heavy atom. The van der Waals surface area contributed by atoms with Crippen LogP contribution in [0.25, 0.3) is 0 Å². The largest absolute Gasteiger partial charge is 0.401 e. The summed E-state index contributed by atoms with van der Waals surface area (Å²) in [5.41, 5.74) is 0.703. The third kappa shape index (κ3) is 6.95. The van der Waals surface area contributed by atoms with Crippen molar-refractivity contribution in [2.75, 3.05) is 25.4 Å². The first kappa shape index (κ1) is 12.8. The lowest BCUT2D eigenvalue weighted by atomic mass is 10.3. The minimum Gasteiger partial charge on any atom is -0.291 e. The van der Waals surface area contributed by atoms with Crippen molar-refractivity contribution in [3.63, 3.8) is 0 Å². The van der Waals surface area contributed by atoms with Gasteiger partial charge in [0, 0.05) is 12.3 Å². The highest BCUT2D eigenvalue weighted by Gasteiger charge is 2.29. The highest BCUT2D eigenvalue weighted by atomic mass is 32.1. The molecule has 0 aliphatic rings. The average Bonchev–Trinajstić information content (AvgIpc) is 2.00. The van der Waals surface area contributed by atoms with Gasteiger partial charge >= 0.3 is 6.18 Å². The van der Waals surface area contributed by atoms with Crippen LogP contribution in [0.2, 0.25) is 0 Å². The van der Waals surface area contributed by atoms with E-state index in [-0.39, 0.29) is 6.54 Å². The number of rotatable bonds is 5. The molecule has 0 bridgehead atoms. The van der Waals surface area contributed by atoms with Crippen LogP contribution < -0.4 is 0 Å². The molecular formula is C8H14F3NS. The molecule has 0 unspecified atom stereocenters. The van der Waals surface area contributed by atoms with Crippen LogP contribution in [0.4, 0.5) is 13.2 Å². The summed E-state index contributed by atoms with van der Waals surface area (Å²) in [6.07, 6.45) is -4.13. The van der Waals surface area contributed by atoms with Gasteiger partial charge in [0.1, 0.15) is 0 Å². The van der Waals surface area contributed by atoms with Crippen LogP contribution >= 0.6 is 12.6 Å². The molecule has 78 valence electrons. The molecule has 0 aliphatic heterocycles. The van der Waals surface area contributed by atoms with Gasteiger partial charge in [-0.15, -0.1) is 0 Å². The van der Waals surface area contributed by atoms with Gasteiger partial charge in [-0.1, -0.05) is 19.1 Å². The van der Waals surface area contributed by atoms with Crippen LogP contribution in [-0.4, -0.2) is 36.5 Å². The maximum absolute atomic E-state index is 12.0. The quantitative estimate of drug-likeness (QED) is 0.542. The lowest BCUT2D eigenvalue weighted by Crippen LogP contribution is -2.35. The third-order valence-electron chi connectivity index (χ3n) is 1.52. The summed E-state index contributed by atoms with van der Waals surface area (Å²) in [5.74, 6) is 0.425. The van der Waals surface area contributed by atoms with Crippen LogP contribution in [-0.2, 0) is 0 Å². The average molecular weight is 213 g/mol. The molecule has 5 heteroatoms. The Morgan fingerprint density at radius 1 is 1.46 bits per heavy atom. The molecule has 0 fully saturated rings. The van der Waals surface area contributed by atoms with E-state index < -0.39 is 12.7 Å². The van der Waals surface area contributed by atoms with Crippen molar-refractivity contribution < 1.29 is 13.2 Å². The Morgan fingerprint density at radius 3 is 2.31 bits per heavy atom. The van der Waals surface area contributed by atoms with Crippen LogP contribution in [0.3, 0.4) is 0 Å². The van der Waals surface area contributed by atoms with Crippen molar-refractivity contribution in [3.8, 4) is 0 Å². The van der Waals surface area contributed by atoms with Gasteiger partial charge in [-0.2, -0.15) is 25.8 Å². The van der Waals surface area contributed by atoms with Crippen LogP contribution in [0.1, 0.15) is 6.92 Å². The maximum atomic E-state index is 12.0. The van der Waals surface area contributed by atoms with Gasteiger partial charge in [0.05, 0.1) is 6.54 Å². The molecule has 0 amide bonds. The zero-order valence-electron chi connectivity index (χ0n) is 7.56. The number of thiol groups is 1. The molecule has 0 N–H and O–H groups in total. The van der Waals surface area contributed by atoms with E-state index in [4.69, 9.17) is 0 Å². The Balaban J connectivity index is 3.97. The topological polar surface area (TPSA) is 3.24 Å². The predicted molar refractivity (Wildman–Crippen MR) is 51.2 cm³/mol. The van der Waals surface area contributed by atoms with Gasteiger partial charge in [0.25, 0.3) is 0 Å². The Kier molecular flexibility index (Phi) is 5.48. The van der Waals surface area contributed by atoms with E-state index in [1.807, 2.05) is 0 Å². The maximum Gasteiger partial charge on any atom is 0.401 e. The molecule has 0 saturated heterocycles. The molecule has 1 nitrogen and oxygen atoms in total. The van der Waals surface area contributed by atoms with Crippen LogP contribution in [0.5, 0.6) is 0 Å². The number of likely N-dealkylation sites (N-methyl/N-ethyl adjacent to an activating group) is 1. The Hall–Kier alpha value is -0.160. The second-order valence-corrected chi connectivity index (χ2v) is 3.14. The van der Waals surface area contributed by atoms with Crippen molar-refractivity contribution in [2.24, 2.45) is 0 Å². The number of halogens is 3. The minimum absolute atomic E-state index is 0.263. The van der Waals surface area contributed by atoms with E-state index in [1.54, 1.807) is 6.92 Å². The fourth-order valence-electron chi connectivity index (χ4n) is 0.899. The molecule has 0 rings (SSSR count). The Bertz CT molecular complexity index is 167. The van der Waals surface area contributed by atoms with Crippen molar-refractivity contribution >= 4 is 12.6 Å². The van der Waals surface area contributed by atoms with E-state index in [1.165, 1.54) is 4.90 Å². The molecule has 0 atom stereocenters. The summed E-state index contributed by atoms with van der Waals surface area (Å²) >= 11 is 3.93. The summed E-state index contributed by atoms with van der Waals surface area (Å²) < 4.78 is 35.9. The SMILES string of the molecule is C=C(CS)CN(CC)CC(F)(F)F. The molecule has 0 aliphatic carbocycles. The summed E-state index contributed by atoms with van der Waals surface area (Å²) in [6.45, 7) is 5.05. The molecule has 0 spiro atoms. The van der Waals surface area contributed by atoms with Crippen molar-refractivity contribution in [2.45, 2.75) is 13.1 Å². The molecule has 13 heavy (non-hydrogen) atoms. The normalized spacial score (nSPS) is 12.2. The van der Waals surface area contributed by atoms with Gasteiger partial charge in [-0.25, -0.2) is 0 Å². The number of nitrogens with zero attached hydrogens (tertiary/aromatic N) is 1. The number of hydrogen-bond donors (Lipinski definition) is 1. The predicted octanol–water partition coefficient (Wildman–Crippen LogP) is 2.36. The Labute approximate surface area is 82.0 Å². The van der Waals surface area contributed by atoms with Crippen molar-refractivity contribution in [1.82, 2.24) is 4.90 Å². The zero-order chi connectivity index (χ0) is 10.5. The first-order chi connectivity index (χ1) is 5.89. The summed E-state index contributed by atoms with van der Waals surface area (Å²) in [4.78, 5) is 1.29. The van der Waals surface area contributed by atoms with Crippen LogP contribution in [0, 0.1) is 0 Å². The molecular weight excluding hydrogens is 199 g/mol. The molecule has 0 aromatic rings. The second kappa shape index (κ2) is 5.54. The van der Waals surface area contributed by atoms with Crippen molar-refractivity contribution in [3.05, 3.63) is 12.2 Å². The van der Waals surface area contributed by atoms with E-state index in [0.29, 0.717) is 17.9 Å². The fraction of sp³-hybridized carbons (Fsp3) is 0.750. The summed E-state index contributed by atoms with van der Waals surface area (Å²) in [7, 11) is 0. The van der Waals surface area contributed by atoms with Gasteiger partial charge < -0.3 is 0 Å². The first-order valence-corrected chi connectivity index (χ1v) is 4.59. The van der Waals surface area contributed by atoms with E-state index >= 15 is 0 Å². The smallest absolute Gasteiger partial charge is 0.291 e. The van der Waals surface area contributed by atoms with Crippen molar-refractivity contribution in [1.29, 1.82) is 0 Å². The third-order valence-corrected chi connectivity index (χ3v) is 1.97. The first-order valence-electron chi connectivity index (χ1n) is 3.95. The molecule has 0 aromatic carbocycles. The highest BCUT2D eigenvalue weighted by molar-refractivity contribution is 7.80. The van der Waals surface area contributed by atoms with E-state index in [2.05, 4.69) is 19.2 Å². The molecule has 0 saturated carbocycles. The summed E-state index contributed by atoms with van der Waals surface area (Å²) in [5, 5.41) is 0. The zero-order valence-corrected chi connectivity index (χ0v) is 8.46. The van der Waals surface area contributed by atoms with E-state index in [9.17, 15) is 13.2 Å². The van der Waals surface area contributed by atoms with Gasteiger partial charge in [-0.3, -0.25) is 4.90 Å². The highest BCUT2D eigenvalue weighted by Crippen LogP contribution is 2.16. The standard InChI is InChI=1S/C8H14F3NS/c1-3-12(4-7(2)5-13)6-8(9,10)11/h13H,2-6H2,1H3. The minimum atomic E-state index is -4.13. The number of hydrogen-bond acceptors (Lipinski definition) is 2. The summed E-state index contributed by atoms with van der Waals surface area (Å²) in [6, 6.07) is 0.